The van der Waals surface area contributed by atoms with Crippen LogP contribution in [0.5, 0.6) is 0 Å². The third-order valence-corrected chi connectivity index (χ3v) is 5.18. The van der Waals surface area contributed by atoms with Crippen LogP contribution in [0.1, 0.15) is 21.9 Å². The molecule has 33 heavy (non-hydrogen) atoms. The highest BCUT2D eigenvalue weighted by atomic mass is 16.5. The van der Waals surface area contributed by atoms with E-state index in [0.29, 0.717) is 29.5 Å². The largest absolute Gasteiger partial charge is 0.339 e. The zero-order chi connectivity index (χ0) is 22.6. The van der Waals surface area contributed by atoms with Crippen molar-refractivity contribution in [1.82, 2.24) is 24.9 Å². The Morgan fingerprint density at radius 2 is 1.79 bits per heavy atom. The molecule has 0 unspecified atom stereocenters. The summed E-state index contributed by atoms with van der Waals surface area (Å²) in [4.78, 5) is 21.6. The number of nitrogens with zero attached hydrogens (tertiary/aromatic N) is 5. The highest BCUT2D eigenvalue weighted by molar-refractivity contribution is 6.04. The van der Waals surface area contributed by atoms with Crippen LogP contribution in [0.15, 0.2) is 89.7 Å². The third kappa shape index (κ3) is 4.40. The van der Waals surface area contributed by atoms with Crippen molar-refractivity contribution >= 4 is 11.6 Å². The number of rotatable bonds is 6. The second-order valence-corrected chi connectivity index (χ2v) is 7.45. The van der Waals surface area contributed by atoms with E-state index in [1.54, 1.807) is 30.2 Å². The third-order valence-electron chi connectivity index (χ3n) is 5.18. The van der Waals surface area contributed by atoms with E-state index in [1.165, 1.54) is 0 Å². The second kappa shape index (κ2) is 8.88. The van der Waals surface area contributed by atoms with Crippen molar-refractivity contribution < 1.29 is 9.32 Å². The van der Waals surface area contributed by atoms with Crippen LogP contribution in [-0.4, -0.2) is 30.8 Å². The minimum atomic E-state index is -0.249. The van der Waals surface area contributed by atoms with Gasteiger partial charge in [0.1, 0.15) is 5.69 Å². The van der Waals surface area contributed by atoms with E-state index >= 15 is 0 Å². The molecule has 5 rings (SSSR count). The lowest BCUT2D eigenvalue weighted by Crippen LogP contribution is -2.17. The second-order valence-electron chi connectivity index (χ2n) is 7.45. The Kier molecular flexibility index (Phi) is 5.47. The zero-order valence-electron chi connectivity index (χ0n) is 17.8. The molecular weight excluding hydrogens is 416 g/mol. The van der Waals surface area contributed by atoms with Gasteiger partial charge in [0.05, 0.1) is 12.1 Å². The summed E-state index contributed by atoms with van der Waals surface area (Å²) in [6, 6.07) is 22.8. The van der Waals surface area contributed by atoms with E-state index in [-0.39, 0.29) is 5.91 Å². The van der Waals surface area contributed by atoms with Crippen LogP contribution < -0.4 is 5.32 Å². The quantitative estimate of drug-likeness (QED) is 0.424. The SMILES string of the molecule is Cn1nc(-c2ccccc2)cc1C(=O)Nc1ccccc1Cc1nc(-c2cccnc2)no1. The molecule has 1 amide bonds. The van der Waals surface area contributed by atoms with Crippen molar-refractivity contribution in [1.29, 1.82) is 0 Å². The van der Waals surface area contributed by atoms with E-state index < -0.39 is 0 Å². The van der Waals surface area contributed by atoms with Gasteiger partial charge in [-0.05, 0) is 29.8 Å². The molecule has 0 spiro atoms. The molecule has 0 saturated heterocycles. The summed E-state index contributed by atoms with van der Waals surface area (Å²) in [5.74, 6) is 0.673. The number of anilines is 1. The molecule has 2 aromatic carbocycles. The van der Waals surface area contributed by atoms with Gasteiger partial charge in [-0.1, -0.05) is 53.7 Å². The van der Waals surface area contributed by atoms with Crippen molar-refractivity contribution in [2.24, 2.45) is 7.05 Å². The molecule has 0 radical (unpaired) electrons. The van der Waals surface area contributed by atoms with Crippen molar-refractivity contribution in [3.8, 4) is 22.6 Å². The average Bonchev–Trinajstić information content (AvgIpc) is 3.48. The number of aryl methyl sites for hydroxylation is 1. The van der Waals surface area contributed by atoms with Crippen molar-refractivity contribution in [3.63, 3.8) is 0 Å². The molecular formula is C25H20N6O2. The zero-order valence-corrected chi connectivity index (χ0v) is 17.8. The fourth-order valence-electron chi connectivity index (χ4n) is 3.51. The van der Waals surface area contributed by atoms with Crippen LogP contribution in [0.25, 0.3) is 22.6 Å². The Morgan fingerprint density at radius 1 is 1.00 bits per heavy atom. The molecule has 162 valence electrons. The highest BCUT2D eigenvalue weighted by Crippen LogP contribution is 2.23. The van der Waals surface area contributed by atoms with Gasteiger partial charge in [-0.3, -0.25) is 14.5 Å². The predicted molar refractivity (Wildman–Crippen MR) is 123 cm³/mol. The number of carbonyl (C=O) groups excluding carboxylic acids is 1. The van der Waals surface area contributed by atoms with Gasteiger partial charge in [0.15, 0.2) is 0 Å². The summed E-state index contributed by atoms with van der Waals surface area (Å²) >= 11 is 0. The maximum atomic E-state index is 13.0. The molecule has 0 bridgehead atoms. The number of benzene rings is 2. The first-order valence-corrected chi connectivity index (χ1v) is 10.4. The van der Waals surface area contributed by atoms with E-state index in [9.17, 15) is 4.79 Å². The maximum absolute atomic E-state index is 13.0. The van der Waals surface area contributed by atoms with Crippen molar-refractivity contribution in [3.05, 3.63) is 102 Å². The molecule has 3 heterocycles. The number of aromatic nitrogens is 5. The Bertz CT molecular complexity index is 1390. The van der Waals surface area contributed by atoms with E-state index in [4.69, 9.17) is 4.52 Å². The lowest BCUT2D eigenvalue weighted by Gasteiger charge is -2.09. The van der Waals surface area contributed by atoms with Crippen molar-refractivity contribution in [2.75, 3.05) is 5.32 Å². The van der Waals surface area contributed by atoms with Gasteiger partial charge in [-0.2, -0.15) is 10.1 Å². The first-order chi connectivity index (χ1) is 16.2. The van der Waals surface area contributed by atoms with Gasteiger partial charge < -0.3 is 9.84 Å². The average molecular weight is 436 g/mol. The first kappa shape index (κ1) is 20.3. The molecule has 0 fully saturated rings. The first-order valence-electron chi connectivity index (χ1n) is 10.4. The highest BCUT2D eigenvalue weighted by Gasteiger charge is 2.17. The smallest absolute Gasteiger partial charge is 0.273 e. The summed E-state index contributed by atoms with van der Waals surface area (Å²) in [5, 5.41) is 11.5. The summed E-state index contributed by atoms with van der Waals surface area (Å²) < 4.78 is 7.01. The maximum Gasteiger partial charge on any atom is 0.273 e. The normalized spacial score (nSPS) is 10.8. The number of para-hydroxylation sites is 1. The number of carbonyl (C=O) groups is 1. The Morgan fingerprint density at radius 3 is 2.61 bits per heavy atom. The van der Waals surface area contributed by atoms with Crippen LogP contribution in [0.2, 0.25) is 0 Å². The van der Waals surface area contributed by atoms with Crippen molar-refractivity contribution in [2.45, 2.75) is 6.42 Å². The number of amides is 1. The fraction of sp³-hybridized carbons (Fsp3) is 0.0800. The number of hydrogen-bond acceptors (Lipinski definition) is 6. The van der Waals surface area contributed by atoms with E-state index in [2.05, 4.69) is 25.5 Å². The Labute approximate surface area is 189 Å². The molecule has 0 atom stereocenters. The van der Waals surface area contributed by atoms with Gasteiger partial charge in [0, 0.05) is 36.3 Å². The molecule has 0 saturated carbocycles. The van der Waals surface area contributed by atoms with Gasteiger partial charge in [-0.15, -0.1) is 0 Å². The van der Waals surface area contributed by atoms with Crippen LogP contribution >= 0.6 is 0 Å². The number of hydrogen-bond donors (Lipinski definition) is 1. The lowest BCUT2D eigenvalue weighted by molar-refractivity contribution is 0.101. The van der Waals surface area contributed by atoms with Gasteiger partial charge in [-0.25, -0.2) is 0 Å². The van der Waals surface area contributed by atoms with Crippen LogP contribution in [0.4, 0.5) is 5.69 Å². The molecule has 0 aliphatic heterocycles. The lowest BCUT2D eigenvalue weighted by atomic mass is 10.1. The molecule has 8 heteroatoms. The summed E-state index contributed by atoms with van der Waals surface area (Å²) in [6.07, 6.45) is 3.75. The van der Waals surface area contributed by atoms with E-state index in [0.717, 1.165) is 22.4 Å². The predicted octanol–water partition coefficient (Wildman–Crippen LogP) is 4.38. The van der Waals surface area contributed by atoms with Gasteiger partial charge >= 0.3 is 0 Å². The molecule has 5 aromatic rings. The van der Waals surface area contributed by atoms with Gasteiger partial charge in [0.25, 0.3) is 5.91 Å². The Balaban J connectivity index is 1.35. The number of nitrogens with one attached hydrogen (secondary N) is 1. The van der Waals surface area contributed by atoms with Crippen LogP contribution in [0, 0.1) is 0 Å². The molecule has 0 aliphatic carbocycles. The van der Waals surface area contributed by atoms with Crippen LogP contribution in [0.3, 0.4) is 0 Å². The summed E-state index contributed by atoms with van der Waals surface area (Å²) in [7, 11) is 1.76. The summed E-state index contributed by atoms with van der Waals surface area (Å²) in [6.45, 7) is 0. The fourth-order valence-corrected chi connectivity index (χ4v) is 3.51. The standard InChI is InChI=1S/C25H20N6O2/c1-31-22(15-21(29-31)17-8-3-2-4-9-17)25(32)27-20-12-6-5-10-18(20)14-23-28-24(30-33-23)19-11-7-13-26-16-19/h2-13,15-16H,14H2,1H3,(H,27,32). The minimum Gasteiger partial charge on any atom is -0.339 e. The topological polar surface area (TPSA) is 98.7 Å². The number of pyridine rings is 1. The van der Waals surface area contributed by atoms with Gasteiger partial charge in [0.2, 0.25) is 11.7 Å². The molecule has 3 aromatic heterocycles. The Hall–Kier alpha value is -4.59. The monoisotopic (exact) mass is 436 g/mol. The molecule has 1 N–H and O–H groups in total. The van der Waals surface area contributed by atoms with E-state index in [1.807, 2.05) is 66.7 Å². The van der Waals surface area contributed by atoms with Crippen LogP contribution in [-0.2, 0) is 13.5 Å². The molecule has 8 nitrogen and oxygen atoms in total. The summed E-state index contributed by atoms with van der Waals surface area (Å²) in [5.41, 5.74) is 4.46. The minimum absolute atomic E-state index is 0.249. The molecule has 0 aliphatic rings.